The van der Waals surface area contributed by atoms with E-state index in [-0.39, 0.29) is 31.4 Å². The second-order valence-electron chi connectivity index (χ2n) is 4.40. The molecule has 8 heteroatoms. The quantitative estimate of drug-likeness (QED) is 0.718. The standard InChI is InChI=1S/C12H18BrFN2O3S/c1-8(2)19-4-3-16-20(17,18)11-6-10(13)5-9(7-15)12(11)14/h5-6,8,16H,3-4,7,15H2,1-2H3. The van der Waals surface area contributed by atoms with E-state index in [1.54, 1.807) is 0 Å². The van der Waals surface area contributed by atoms with Gasteiger partial charge in [-0.2, -0.15) is 0 Å². The second kappa shape index (κ2) is 7.46. The van der Waals surface area contributed by atoms with Crippen LogP contribution in [0.2, 0.25) is 0 Å². The molecule has 5 nitrogen and oxygen atoms in total. The maximum atomic E-state index is 14.0. The van der Waals surface area contributed by atoms with Crippen molar-refractivity contribution < 1.29 is 17.5 Å². The largest absolute Gasteiger partial charge is 0.377 e. The Balaban J connectivity index is 2.90. The molecule has 0 saturated carbocycles. The fourth-order valence-electron chi connectivity index (χ4n) is 1.51. The third-order valence-electron chi connectivity index (χ3n) is 2.43. The summed E-state index contributed by atoms with van der Waals surface area (Å²) in [7, 11) is -3.93. The molecule has 114 valence electrons. The lowest BCUT2D eigenvalue weighted by molar-refractivity contribution is 0.0834. The molecule has 1 rings (SSSR count). The Morgan fingerprint density at radius 3 is 2.65 bits per heavy atom. The van der Waals surface area contributed by atoms with Gasteiger partial charge in [-0.1, -0.05) is 15.9 Å². The van der Waals surface area contributed by atoms with Crippen LogP contribution in [0, 0.1) is 5.82 Å². The zero-order valence-electron chi connectivity index (χ0n) is 11.3. The topological polar surface area (TPSA) is 81.4 Å². The summed E-state index contributed by atoms with van der Waals surface area (Å²) in [4.78, 5) is -0.420. The van der Waals surface area contributed by atoms with Gasteiger partial charge in [-0.15, -0.1) is 0 Å². The monoisotopic (exact) mass is 368 g/mol. The summed E-state index contributed by atoms with van der Waals surface area (Å²) < 4.78 is 46.1. The van der Waals surface area contributed by atoms with Crippen molar-refractivity contribution in [3.8, 4) is 0 Å². The van der Waals surface area contributed by atoms with Crippen molar-refractivity contribution in [2.45, 2.75) is 31.4 Å². The molecule has 0 aromatic heterocycles. The van der Waals surface area contributed by atoms with Crippen LogP contribution in [-0.4, -0.2) is 27.7 Å². The molecule has 0 aliphatic heterocycles. The van der Waals surface area contributed by atoms with E-state index in [0.717, 1.165) is 0 Å². The summed E-state index contributed by atoms with van der Waals surface area (Å²) in [6, 6.07) is 2.66. The highest BCUT2D eigenvalue weighted by molar-refractivity contribution is 9.10. The first-order valence-corrected chi connectivity index (χ1v) is 8.34. The van der Waals surface area contributed by atoms with Gasteiger partial charge < -0.3 is 10.5 Å². The van der Waals surface area contributed by atoms with Crippen LogP contribution >= 0.6 is 15.9 Å². The highest BCUT2D eigenvalue weighted by Gasteiger charge is 2.21. The Morgan fingerprint density at radius 2 is 2.10 bits per heavy atom. The molecule has 0 bridgehead atoms. The van der Waals surface area contributed by atoms with Gasteiger partial charge in [-0.3, -0.25) is 0 Å². The molecule has 0 amide bonds. The average Bonchev–Trinajstić information content (AvgIpc) is 2.36. The van der Waals surface area contributed by atoms with E-state index in [0.29, 0.717) is 4.47 Å². The molecule has 1 aromatic carbocycles. The van der Waals surface area contributed by atoms with Crippen LogP contribution in [0.1, 0.15) is 19.4 Å². The summed E-state index contributed by atoms with van der Waals surface area (Å²) in [6.07, 6.45) is 0.00551. The molecule has 0 atom stereocenters. The van der Waals surface area contributed by atoms with Crippen LogP contribution in [0.25, 0.3) is 0 Å². The molecule has 1 aromatic rings. The lowest BCUT2D eigenvalue weighted by Crippen LogP contribution is -2.29. The van der Waals surface area contributed by atoms with Crippen molar-refractivity contribution in [2.24, 2.45) is 5.73 Å². The van der Waals surface area contributed by atoms with Crippen molar-refractivity contribution in [3.63, 3.8) is 0 Å². The molecular formula is C12H18BrFN2O3S. The second-order valence-corrected chi connectivity index (χ2v) is 7.05. The number of nitrogens with two attached hydrogens (primary N) is 1. The van der Waals surface area contributed by atoms with Crippen LogP contribution in [-0.2, 0) is 21.3 Å². The predicted octanol–water partition coefficient (Wildman–Crippen LogP) is 1.75. The van der Waals surface area contributed by atoms with E-state index in [2.05, 4.69) is 20.7 Å². The first-order valence-electron chi connectivity index (χ1n) is 6.07. The van der Waals surface area contributed by atoms with Gasteiger partial charge in [0.1, 0.15) is 10.7 Å². The fourth-order valence-corrected chi connectivity index (χ4v) is 3.32. The molecular weight excluding hydrogens is 351 g/mol. The van der Waals surface area contributed by atoms with Gasteiger partial charge in [0.05, 0.1) is 12.7 Å². The van der Waals surface area contributed by atoms with Crippen molar-refractivity contribution in [3.05, 3.63) is 28.0 Å². The first kappa shape index (κ1) is 17.5. The molecule has 0 spiro atoms. The number of hydrogen-bond acceptors (Lipinski definition) is 4. The van der Waals surface area contributed by atoms with Gasteiger partial charge in [-0.05, 0) is 26.0 Å². The van der Waals surface area contributed by atoms with E-state index >= 15 is 0 Å². The van der Waals surface area contributed by atoms with Crippen LogP contribution in [0.3, 0.4) is 0 Å². The van der Waals surface area contributed by atoms with Crippen LogP contribution in [0.5, 0.6) is 0 Å². The molecule has 0 heterocycles. The van der Waals surface area contributed by atoms with Crippen molar-refractivity contribution in [1.82, 2.24) is 4.72 Å². The van der Waals surface area contributed by atoms with Crippen molar-refractivity contribution >= 4 is 26.0 Å². The summed E-state index contributed by atoms with van der Waals surface area (Å²) in [5.41, 5.74) is 5.53. The van der Waals surface area contributed by atoms with E-state index in [9.17, 15) is 12.8 Å². The van der Waals surface area contributed by atoms with Crippen molar-refractivity contribution in [1.29, 1.82) is 0 Å². The van der Waals surface area contributed by atoms with E-state index in [1.165, 1.54) is 12.1 Å². The summed E-state index contributed by atoms with van der Waals surface area (Å²) in [5.74, 6) is -0.826. The molecule has 0 radical (unpaired) electrons. The van der Waals surface area contributed by atoms with Gasteiger partial charge in [0.15, 0.2) is 0 Å². The Hall–Kier alpha value is -0.540. The molecule has 0 unspecified atom stereocenters. The Labute approximate surface area is 126 Å². The lowest BCUT2D eigenvalue weighted by atomic mass is 10.2. The number of hydrogen-bond donors (Lipinski definition) is 2. The summed E-state index contributed by atoms with van der Waals surface area (Å²) in [5, 5.41) is 0. The van der Waals surface area contributed by atoms with Gasteiger partial charge in [0.2, 0.25) is 10.0 Å². The molecule has 0 fully saturated rings. The van der Waals surface area contributed by atoms with E-state index in [4.69, 9.17) is 10.5 Å². The summed E-state index contributed by atoms with van der Waals surface area (Å²) in [6.45, 7) is 3.90. The normalized spacial score (nSPS) is 12.1. The van der Waals surface area contributed by atoms with E-state index < -0.39 is 20.7 Å². The number of sulfonamides is 1. The molecule has 20 heavy (non-hydrogen) atoms. The number of benzene rings is 1. The molecule has 0 aliphatic rings. The zero-order chi connectivity index (χ0) is 15.3. The lowest BCUT2D eigenvalue weighted by Gasteiger charge is -2.12. The Morgan fingerprint density at radius 1 is 1.45 bits per heavy atom. The number of ether oxygens (including phenoxy) is 1. The smallest absolute Gasteiger partial charge is 0.243 e. The molecule has 3 N–H and O–H groups in total. The molecule has 0 saturated heterocycles. The fraction of sp³-hybridized carbons (Fsp3) is 0.500. The van der Waals surface area contributed by atoms with Gasteiger partial charge in [-0.25, -0.2) is 17.5 Å². The minimum absolute atomic E-state index is 0.00551. The first-order chi connectivity index (χ1) is 9.27. The molecule has 0 aliphatic carbocycles. The van der Waals surface area contributed by atoms with Gasteiger partial charge in [0, 0.05) is 23.1 Å². The van der Waals surface area contributed by atoms with Gasteiger partial charge >= 0.3 is 0 Å². The van der Waals surface area contributed by atoms with E-state index in [1.807, 2.05) is 13.8 Å². The number of rotatable bonds is 7. The Kier molecular flexibility index (Phi) is 6.53. The number of nitrogens with one attached hydrogen (secondary N) is 1. The maximum absolute atomic E-state index is 14.0. The minimum Gasteiger partial charge on any atom is -0.377 e. The highest BCUT2D eigenvalue weighted by Crippen LogP contribution is 2.23. The van der Waals surface area contributed by atoms with Crippen molar-refractivity contribution in [2.75, 3.05) is 13.2 Å². The zero-order valence-corrected chi connectivity index (χ0v) is 13.7. The Bertz CT molecular complexity index is 564. The predicted molar refractivity (Wildman–Crippen MR) is 78.3 cm³/mol. The van der Waals surface area contributed by atoms with Gasteiger partial charge in [0.25, 0.3) is 0 Å². The third kappa shape index (κ3) is 4.78. The maximum Gasteiger partial charge on any atom is 0.243 e. The minimum atomic E-state index is -3.93. The average molecular weight is 369 g/mol. The summed E-state index contributed by atoms with van der Waals surface area (Å²) >= 11 is 3.14. The van der Waals surface area contributed by atoms with Crippen LogP contribution in [0.4, 0.5) is 4.39 Å². The van der Waals surface area contributed by atoms with Crippen LogP contribution in [0.15, 0.2) is 21.5 Å². The highest BCUT2D eigenvalue weighted by atomic mass is 79.9. The van der Waals surface area contributed by atoms with Crippen LogP contribution < -0.4 is 10.5 Å². The third-order valence-corrected chi connectivity index (χ3v) is 4.35. The SMILES string of the molecule is CC(C)OCCNS(=O)(=O)c1cc(Br)cc(CN)c1F. The number of halogens is 2.